The van der Waals surface area contributed by atoms with Crippen molar-refractivity contribution in [1.82, 2.24) is 9.97 Å². The zero-order valence-corrected chi connectivity index (χ0v) is 6.12. The molecule has 5 N–H and O–H groups in total. The molecule has 0 aliphatic carbocycles. The average molecular weight is 196 g/mol. The predicted molar refractivity (Wildman–Crippen MR) is 45.0 cm³/mol. The standard InChI is InChI=1S/C4H5BN2O6.Li.H/c8-1-2(9)7-4(3(10)6-1)13-5(11)12;;/h11-12H,(H,7,9)(H2,6,8,10);;. The van der Waals surface area contributed by atoms with E-state index in [-0.39, 0.29) is 18.9 Å². The average Bonchev–Trinajstić information content (AvgIpc) is 1.99. The van der Waals surface area contributed by atoms with Gasteiger partial charge in [0.05, 0.1) is 0 Å². The second-order valence-corrected chi connectivity index (χ2v) is 1.94. The van der Waals surface area contributed by atoms with E-state index in [2.05, 4.69) is 14.6 Å². The van der Waals surface area contributed by atoms with Gasteiger partial charge in [-0.25, -0.2) is 0 Å². The van der Waals surface area contributed by atoms with Gasteiger partial charge in [-0.05, 0) is 0 Å². The van der Waals surface area contributed by atoms with Crippen LogP contribution in [0.3, 0.4) is 0 Å². The van der Waals surface area contributed by atoms with Gasteiger partial charge in [-0.1, -0.05) is 0 Å². The van der Waals surface area contributed by atoms with Gasteiger partial charge in [0.15, 0.2) is 0 Å². The maximum absolute atomic E-state index is 8.87. The summed E-state index contributed by atoms with van der Waals surface area (Å²) in [6.07, 6.45) is 0. The van der Waals surface area contributed by atoms with Crippen molar-refractivity contribution in [2.75, 3.05) is 0 Å². The van der Waals surface area contributed by atoms with Crippen LogP contribution in [0.5, 0.6) is 23.5 Å². The van der Waals surface area contributed by atoms with Gasteiger partial charge in [-0.15, -0.1) is 0 Å². The molecule has 0 aromatic carbocycles. The molecule has 0 aliphatic heterocycles. The molecule has 1 aromatic heterocycles. The molecule has 1 rings (SSSR count). The number of nitrogens with zero attached hydrogens (tertiary/aromatic N) is 2. The monoisotopic (exact) mass is 196 g/mol. The van der Waals surface area contributed by atoms with Crippen molar-refractivity contribution in [3.05, 3.63) is 0 Å². The van der Waals surface area contributed by atoms with Crippen molar-refractivity contribution in [2.45, 2.75) is 0 Å². The summed E-state index contributed by atoms with van der Waals surface area (Å²) in [7, 11) is -2.20. The second-order valence-electron chi connectivity index (χ2n) is 1.94. The molecule has 0 saturated heterocycles. The Labute approximate surface area is 90.2 Å². The molecule has 0 atom stereocenters. The molecule has 72 valence electrons. The predicted octanol–water partition coefficient (Wildman–Crippen LogP) is -2.71. The summed E-state index contributed by atoms with van der Waals surface area (Å²) in [6.45, 7) is 0. The van der Waals surface area contributed by atoms with Crippen molar-refractivity contribution in [1.29, 1.82) is 0 Å². The Hall–Kier alpha value is -1.14. The van der Waals surface area contributed by atoms with Crippen LogP contribution in [0, 0.1) is 0 Å². The van der Waals surface area contributed by atoms with Crippen LogP contribution < -0.4 is 4.65 Å². The Morgan fingerprint density at radius 1 is 0.929 bits per heavy atom. The van der Waals surface area contributed by atoms with E-state index in [1.54, 1.807) is 0 Å². The molecule has 1 heterocycles. The molecule has 0 fully saturated rings. The van der Waals surface area contributed by atoms with E-state index in [0.29, 0.717) is 0 Å². The summed E-state index contributed by atoms with van der Waals surface area (Å²) in [5.74, 6) is -3.36. The first-order valence-corrected chi connectivity index (χ1v) is 3.02. The first-order valence-electron chi connectivity index (χ1n) is 3.02. The van der Waals surface area contributed by atoms with Gasteiger partial charge in [0, 0.05) is 0 Å². The molecular weight excluding hydrogens is 190 g/mol. The first-order chi connectivity index (χ1) is 6.00. The molecule has 8 nitrogen and oxygen atoms in total. The van der Waals surface area contributed by atoms with E-state index in [9.17, 15) is 0 Å². The van der Waals surface area contributed by atoms with Crippen LogP contribution in [0.2, 0.25) is 0 Å². The van der Waals surface area contributed by atoms with Crippen LogP contribution in [0.25, 0.3) is 0 Å². The molecule has 0 unspecified atom stereocenters. The van der Waals surface area contributed by atoms with Gasteiger partial charge >= 0.3 is 26.2 Å². The van der Waals surface area contributed by atoms with Gasteiger partial charge in [-0.2, -0.15) is 9.97 Å². The van der Waals surface area contributed by atoms with Gasteiger partial charge in [0.2, 0.25) is 0 Å². The number of hydrogen-bond acceptors (Lipinski definition) is 8. The molecular formula is C4H6BLiN2O6. The topological polar surface area (TPSA) is 136 Å². The second kappa shape index (κ2) is 4.92. The van der Waals surface area contributed by atoms with Gasteiger partial charge in [-0.3, -0.25) is 0 Å². The summed E-state index contributed by atoms with van der Waals surface area (Å²) in [5, 5.41) is 42.9. The minimum atomic E-state index is -2.20. The fourth-order valence-electron chi connectivity index (χ4n) is 0.573. The van der Waals surface area contributed by atoms with E-state index in [1.807, 2.05) is 0 Å². The van der Waals surface area contributed by atoms with Crippen molar-refractivity contribution in [3.63, 3.8) is 0 Å². The van der Waals surface area contributed by atoms with E-state index in [4.69, 9.17) is 25.4 Å². The number of aromatic nitrogens is 2. The van der Waals surface area contributed by atoms with Crippen LogP contribution >= 0.6 is 0 Å². The number of rotatable bonds is 2. The molecule has 0 spiro atoms. The van der Waals surface area contributed by atoms with Crippen LogP contribution in [0.15, 0.2) is 0 Å². The van der Waals surface area contributed by atoms with Crippen LogP contribution in [-0.2, 0) is 0 Å². The van der Waals surface area contributed by atoms with E-state index >= 15 is 0 Å². The van der Waals surface area contributed by atoms with Gasteiger partial charge < -0.3 is 30.0 Å². The van der Waals surface area contributed by atoms with Crippen molar-refractivity contribution >= 4 is 26.2 Å². The zero-order chi connectivity index (χ0) is 10.0. The number of hydrogen-bond donors (Lipinski definition) is 5. The Bertz CT molecular complexity index is 323. The van der Waals surface area contributed by atoms with Crippen LogP contribution in [0.4, 0.5) is 0 Å². The Kier molecular flexibility index (Phi) is 4.52. The summed E-state index contributed by atoms with van der Waals surface area (Å²) >= 11 is 0. The van der Waals surface area contributed by atoms with Crippen molar-refractivity contribution in [2.24, 2.45) is 0 Å². The quantitative estimate of drug-likeness (QED) is 0.322. The third-order valence-electron chi connectivity index (χ3n) is 1.03. The molecule has 0 radical (unpaired) electrons. The van der Waals surface area contributed by atoms with Crippen LogP contribution in [-0.4, -0.2) is 61.5 Å². The summed E-state index contributed by atoms with van der Waals surface area (Å²) in [6, 6.07) is 0. The zero-order valence-electron chi connectivity index (χ0n) is 6.12. The molecule has 0 saturated carbocycles. The van der Waals surface area contributed by atoms with Gasteiger partial charge in [0.25, 0.3) is 23.5 Å². The van der Waals surface area contributed by atoms with E-state index in [0.717, 1.165) is 0 Å². The molecule has 10 heteroatoms. The third kappa shape index (κ3) is 2.97. The van der Waals surface area contributed by atoms with E-state index < -0.39 is 30.8 Å². The summed E-state index contributed by atoms with van der Waals surface area (Å²) in [5.41, 5.74) is 0. The van der Waals surface area contributed by atoms with Crippen LogP contribution in [0.1, 0.15) is 0 Å². The summed E-state index contributed by atoms with van der Waals surface area (Å²) < 4.78 is 4.10. The molecule has 14 heavy (non-hydrogen) atoms. The fourth-order valence-corrected chi connectivity index (χ4v) is 0.573. The normalized spacial score (nSPS) is 9.00. The minimum absolute atomic E-state index is 0. The Morgan fingerprint density at radius 3 is 1.93 bits per heavy atom. The van der Waals surface area contributed by atoms with Gasteiger partial charge in [0.1, 0.15) is 0 Å². The molecule has 1 aromatic rings. The summed E-state index contributed by atoms with van der Waals surface area (Å²) in [4.78, 5) is 6.04. The Morgan fingerprint density at radius 2 is 1.43 bits per heavy atom. The molecule has 0 bridgehead atoms. The molecule has 0 amide bonds. The molecule has 0 aliphatic rings. The van der Waals surface area contributed by atoms with E-state index in [1.165, 1.54) is 0 Å². The Balaban J connectivity index is 0.00000169. The number of aromatic hydroxyl groups is 3. The fraction of sp³-hybridized carbons (Fsp3) is 0. The SMILES string of the molecule is OB(O)Oc1nc(O)c(O)nc1O.[LiH]. The van der Waals surface area contributed by atoms with Crippen molar-refractivity contribution in [3.8, 4) is 23.5 Å². The first kappa shape index (κ1) is 12.9. The third-order valence-corrected chi connectivity index (χ3v) is 1.03. The van der Waals surface area contributed by atoms with Crippen molar-refractivity contribution < 1.29 is 30.0 Å². The maximum atomic E-state index is 8.87.